The minimum atomic E-state index is 0.0625. The van der Waals surface area contributed by atoms with E-state index in [9.17, 15) is 4.79 Å². The molecule has 0 aliphatic carbocycles. The van der Waals surface area contributed by atoms with Crippen molar-refractivity contribution in [2.75, 3.05) is 0 Å². The van der Waals surface area contributed by atoms with E-state index in [1.54, 1.807) is 0 Å². The van der Waals surface area contributed by atoms with Crippen molar-refractivity contribution in [1.29, 1.82) is 0 Å². The summed E-state index contributed by atoms with van der Waals surface area (Å²) >= 11 is 0. The van der Waals surface area contributed by atoms with Crippen LogP contribution in [-0.4, -0.2) is 10.9 Å². The number of H-pyrrole nitrogens is 1. The molecule has 0 fully saturated rings. The van der Waals surface area contributed by atoms with Gasteiger partial charge in [-0.2, -0.15) is 0 Å². The molecule has 2 rings (SSSR count). The maximum absolute atomic E-state index is 11.8. The van der Waals surface area contributed by atoms with Crippen molar-refractivity contribution in [1.82, 2.24) is 10.3 Å². The van der Waals surface area contributed by atoms with Crippen molar-refractivity contribution < 1.29 is 4.79 Å². The Morgan fingerprint density at radius 3 is 2.50 bits per heavy atom. The summed E-state index contributed by atoms with van der Waals surface area (Å²) in [5.41, 5.74) is 3.51. The molecule has 0 bridgehead atoms. The molecule has 3 nitrogen and oxygen atoms in total. The van der Waals surface area contributed by atoms with Gasteiger partial charge in [-0.1, -0.05) is 37.6 Å². The fourth-order valence-electron chi connectivity index (χ4n) is 2.12. The topological polar surface area (TPSA) is 44.9 Å². The van der Waals surface area contributed by atoms with Crippen molar-refractivity contribution in [3.8, 4) is 0 Å². The molecule has 0 unspecified atom stereocenters. The second-order valence-corrected chi connectivity index (χ2v) is 5.09. The van der Waals surface area contributed by atoms with Crippen molar-refractivity contribution in [2.45, 2.75) is 39.2 Å². The average Bonchev–Trinajstić information content (AvgIpc) is 2.98. The summed E-state index contributed by atoms with van der Waals surface area (Å²) < 4.78 is 0. The van der Waals surface area contributed by atoms with Crippen LogP contribution in [0.25, 0.3) is 0 Å². The van der Waals surface area contributed by atoms with E-state index in [1.807, 2.05) is 18.5 Å². The van der Waals surface area contributed by atoms with Crippen molar-refractivity contribution in [2.24, 2.45) is 0 Å². The maximum atomic E-state index is 11.8. The van der Waals surface area contributed by atoms with Crippen LogP contribution in [0.3, 0.4) is 0 Å². The lowest BCUT2D eigenvalue weighted by Crippen LogP contribution is -2.24. The summed E-state index contributed by atoms with van der Waals surface area (Å²) in [5.74, 6) is 0.0625. The number of hydrogen-bond donors (Lipinski definition) is 2. The first-order valence-electron chi connectivity index (χ1n) is 7.24. The lowest BCUT2D eigenvalue weighted by Gasteiger charge is -2.05. The number of benzene rings is 1. The molecule has 3 heteroatoms. The van der Waals surface area contributed by atoms with E-state index in [0.717, 1.165) is 17.5 Å². The summed E-state index contributed by atoms with van der Waals surface area (Å²) in [5, 5.41) is 2.92. The van der Waals surface area contributed by atoms with E-state index >= 15 is 0 Å². The molecule has 1 amide bonds. The Bertz CT molecular complexity index is 514. The first kappa shape index (κ1) is 14.4. The smallest absolute Gasteiger partial charge is 0.224 e. The molecular formula is C17H22N2O. The van der Waals surface area contributed by atoms with Gasteiger partial charge in [0.2, 0.25) is 5.91 Å². The molecule has 0 atom stereocenters. The van der Waals surface area contributed by atoms with Gasteiger partial charge in [-0.05, 0) is 35.6 Å². The highest BCUT2D eigenvalue weighted by Crippen LogP contribution is 2.08. The monoisotopic (exact) mass is 270 g/mol. The summed E-state index contributed by atoms with van der Waals surface area (Å²) in [6, 6.07) is 10.3. The van der Waals surface area contributed by atoms with Crippen LogP contribution in [0.4, 0.5) is 0 Å². The van der Waals surface area contributed by atoms with Gasteiger partial charge < -0.3 is 10.3 Å². The fraction of sp³-hybridized carbons (Fsp3) is 0.353. The third kappa shape index (κ3) is 4.57. The van der Waals surface area contributed by atoms with Crippen molar-refractivity contribution in [3.05, 3.63) is 59.4 Å². The van der Waals surface area contributed by atoms with Crippen LogP contribution in [0, 0.1) is 0 Å². The molecule has 106 valence electrons. The van der Waals surface area contributed by atoms with Gasteiger partial charge in [0.15, 0.2) is 0 Å². The minimum absolute atomic E-state index is 0.0625. The van der Waals surface area contributed by atoms with Gasteiger partial charge >= 0.3 is 0 Å². The quantitative estimate of drug-likeness (QED) is 0.797. The molecule has 1 aromatic heterocycles. The summed E-state index contributed by atoms with van der Waals surface area (Å²) in [7, 11) is 0. The third-order valence-corrected chi connectivity index (χ3v) is 3.36. The predicted octanol–water partition coefficient (Wildman–Crippen LogP) is 3.22. The second kappa shape index (κ2) is 7.53. The number of nitrogens with one attached hydrogen (secondary N) is 2. The molecule has 0 saturated carbocycles. The number of aromatic amines is 1. The molecule has 2 aromatic rings. The van der Waals surface area contributed by atoms with E-state index in [2.05, 4.69) is 41.5 Å². The molecule has 2 N–H and O–H groups in total. The van der Waals surface area contributed by atoms with Crippen LogP contribution in [0.2, 0.25) is 0 Å². The molecule has 0 spiro atoms. The highest BCUT2D eigenvalue weighted by atomic mass is 16.1. The summed E-state index contributed by atoms with van der Waals surface area (Å²) in [4.78, 5) is 14.8. The average molecular weight is 270 g/mol. The zero-order chi connectivity index (χ0) is 14.2. The van der Waals surface area contributed by atoms with E-state index in [-0.39, 0.29) is 5.91 Å². The van der Waals surface area contributed by atoms with Crippen LogP contribution in [0.15, 0.2) is 42.7 Å². The highest BCUT2D eigenvalue weighted by molar-refractivity contribution is 5.78. The second-order valence-electron chi connectivity index (χ2n) is 5.09. The Kier molecular flexibility index (Phi) is 5.42. The molecule has 0 radical (unpaired) electrons. The van der Waals surface area contributed by atoms with Gasteiger partial charge in [0.25, 0.3) is 0 Å². The summed E-state index contributed by atoms with van der Waals surface area (Å²) in [6.07, 6.45) is 7.74. The van der Waals surface area contributed by atoms with E-state index in [4.69, 9.17) is 0 Å². The number of rotatable bonds is 7. The third-order valence-electron chi connectivity index (χ3n) is 3.36. The van der Waals surface area contributed by atoms with Crippen molar-refractivity contribution in [3.63, 3.8) is 0 Å². The largest absolute Gasteiger partial charge is 0.367 e. The van der Waals surface area contributed by atoms with Crippen LogP contribution in [-0.2, 0) is 24.2 Å². The number of carbonyl (C=O) groups excluding carboxylic acids is 1. The minimum Gasteiger partial charge on any atom is -0.367 e. The molecule has 1 heterocycles. The molecule has 0 aliphatic heterocycles. The predicted molar refractivity (Wildman–Crippen MR) is 81.4 cm³/mol. The van der Waals surface area contributed by atoms with Gasteiger partial charge in [-0.15, -0.1) is 0 Å². The van der Waals surface area contributed by atoms with E-state index in [1.165, 1.54) is 18.4 Å². The summed E-state index contributed by atoms with van der Waals surface area (Å²) in [6.45, 7) is 2.78. The number of aromatic nitrogens is 1. The molecule has 1 aromatic carbocycles. The number of amides is 1. The molecule has 0 saturated heterocycles. The molecular weight excluding hydrogens is 248 g/mol. The Morgan fingerprint density at radius 1 is 1.10 bits per heavy atom. The fourth-order valence-corrected chi connectivity index (χ4v) is 2.12. The molecule has 0 aliphatic rings. The van der Waals surface area contributed by atoms with Gasteiger partial charge in [-0.25, -0.2) is 0 Å². The van der Waals surface area contributed by atoms with E-state index < -0.39 is 0 Å². The zero-order valence-electron chi connectivity index (χ0n) is 12.0. The number of carbonyl (C=O) groups is 1. The van der Waals surface area contributed by atoms with Gasteiger partial charge in [0, 0.05) is 18.9 Å². The molecule has 20 heavy (non-hydrogen) atoms. The van der Waals surface area contributed by atoms with Crippen LogP contribution in [0.1, 0.15) is 36.5 Å². The van der Waals surface area contributed by atoms with Gasteiger partial charge in [0.05, 0.1) is 6.42 Å². The Labute approximate surface area is 120 Å². The normalized spacial score (nSPS) is 10.4. The van der Waals surface area contributed by atoms with Gasteiger partial charge in [-0.3, -0.25) is 4.79 Å². The lowest BCUT2D eigenvalue weighted by atomic mass is 10.0. The standard InChI is InChI=1S/C17H22N2O/c1-2-3-4-14-5-7-15(8-6-14)11-17(20)19-13-16-9-10-18-12-16/h5-10,12,18H,2-4,11,13H2,1H3,(H,19,20). The van der Waals surface area contributed by atoms with Crippen LogP contribution in [0.5, 0.6) is 0 Å². The number of unbranched alkanes of at least 4 members (excludes halogenated alkanes) is 1. The Hall–Kier alpha value is -2.03. The van der Waals surface area contributed by atoms with Crippen LogP contribution < -0.4 is 5.32 Å². The SMILES string of the molecule is CCCCc1ccc(CC(=O)NCc2cc[nH]c2)cc1. The number of aryl methyl sites for hydroxylation is 1. The zero-order valence-corrected chi connectivity index (χ0v) is 12.0. The number of hydrogen-bond acceptors (Lipinski definition) is 1. The lowest BCUT2D eigenvalue weighted by molar-refractivity contribution is -0.120. The first-order valence-corrected chi connectivity index (χ1v) is 7.24. The Balaban J connectivity index is 1.78. The van der Waals surface area contributed by atoms with Gasteiger partial charge in [0.1, 0.15) is 0 Å². The maximum Gasteiger partial charge on any atom is 0.224 e. The van der Waals surface area contributed by atoms with Crippen molar-refractivity contribution >= 4 is 5.91 Å². The Morgan fingerprint density at radius 2 is 1.85 bits per heavy atom. The highest BCUT2D eigenvalue weighted by Gasteiger charge is 2.03. The van der Waals surface area contributed by atoms with Crippen LogP contribution >= 0.6 is 0 Å². The van der Waals surface area contributed by atoms with E-state index in [0.29, 0.717) is 13.0 Å². The first-order chi connectivity index (χ1) is 9.78.